The molecular formula is C16H25N3O3. The molecule has 0 atom stereocenters. The summed E-state index contributed by atoms with van der Waals surface area (Å²) in [5.74, 6) is -0.327. The predicted molar refractivity (Wildman–Crippen MR) is 84.0 cm³/mol. The molecule has 0 saturated carbocycles. The SMILES string of the molecule is COCCCNC1=C/C(=C(/C#N)C(=O)NCCOC)CCC1. The first kappa shape index (κ1) is 18.2. The van der Waals surface area contributed by atoms with E-state index >= 15 is 0 Å². The Morgan fingerprint density at radius 3 is 2.73 bits per heavy atom. The number of nitriles is 1. The summed E-state index contributed by atoms with van der Waals surface area (Å²) < 4.78 is 9.90. The van der Waals surface area contributed by atoms with Crippen molar-refractivity contribution in [2.45, 2.75) is 25.7 Å². The Labute approximate surface area is 132 Å². The van der Waals surface area contributed by atoms with Crippen LogP contribution in [0.25, 0.3) is 0 Å². The molecule has 6 nitrogen and oxygen atoms in total. The molecule has 0 heterocycles. The molecule has 0 aromatic heterocycles. The molecule has 1 aliphatic rings. The van der Waals surface area contributed by atoms with Crippen molar-refractivity contribution in [3.8, 4) is 6.07 Å². The van der Waals surface area contributed by atoms with E-state index in [0.717, 1.165) is 43.5 Å². The van der Waals surface area contributed by atoms with Crippen molar-refractivity contribution in [2.24, 2.45) is 0 Å². The van der Waals surface area contributed by atoms with E-state index in [0.29, 0.717) is 19.8 Å². The van der Waals surface area contributed by atoms with E-state index in [9.17, 15) is 10.1 Å². The highest BCUT2D eigenvalue weighted by atomic mass is 16.5. The molecule has 0 saturated heterocycles. The third-order valence-corrected chi connectivity index (χ3v) is 3.37. The highest BCUT2D eigenvalue weighted by Gasteiger charge is 2.17. The minimum Gasteiger partial charge on any atom is -0.388 e. The van der Waals surface area contributed by atoms with Crippen LogP contribution in [0.4, 0.5) is 0 Å². The Morgan fingerprint density at radius 2 is 2.05 bits per heavy atom. The van der Waals surface area contributed by atoms with Gasteiger partial charge in [-0.3, -0.25) is 4.79 Å². The van der Waals surface area contributed by atoms with Gasteiger partial charge in [-0.25, -0.2) is 0 Å². The first-order valence-electron chi connectivity index (χ1n) is 7.56. The number of rotatable bonds is 9. The minimum absolute atomic E-state index is 0.201. The fourth-order valence-corrected chi connectivity index (χ4v) is 2.25. The summed E-state index contributed by atoms with van der Waals surface area (Å²) in [6, 6.07) is 2.03. The normalized spacial score (nSPS) is 16.5. The van der Waals surface area contributed by atoms with Gasteiger partial charge in [-0.1, -0.05) is 0 Å². The summed E-state index contributed by atoms with van der Waals surface area (Å²) in [6.07, 6.45) is 5.50. The van der Waals surface area contributed by atoms with Crippen LogP contribution in [0.5, 0.6) is 0 Å². The number of hydrogen-bond acceptors (Lipinski definition) is 5. The minimum atomic E-state index is -0.327. The lowest BCUT2D eigenvalue weighted by Crippen LogP contribution is -2.29. The number of carbonyl (C=O) groups is 1. The van der Waals surface area contributed by atoms with Crippen molar-refractivity contribution >= 4 is 5.91 Å². The van der Waals surface area contributed by atoms with Gasteiger partial charge in [0.25, 0.3) is 5.91 Å². The maximum atomic E-state index is 12.0. The molecule has 0 spiro atoms. The summed E-state index contributed by atoms with van der Waals surface area (Å²) >= 11 is 0. The van der Waals surface area contributed by atoms with Gasteiger partial charge >= 0.3 is 0 Å². The molecule has 0 unspecified atom stereocenters. The van der Waals surface area contributed by atoms with Crippen molar-refractivity contribution in [1.29, 1.82) is 5.26 Å². The van der Waals surface area contributed by atoms with Crippen LogP contribution in [0, 0.1) is 11.3 Å². The standard InChI is InChI=1S/C16H25N3O3/c1-21-9-4-7-18-14-6-3-5-13(11-14)15(12-17)16(20)19-8-10-22-2/h11,18H,3-10H2,1-2H3,(H,19,20)/b15-13-. The van der Waals surface area contributed by atoms with Crippen molar-refractivity contribution < 1.29 is 14.3 Å². The van der Waals surface area contributed by atoms with Gasteiger partial charge in [0.05, 0.1) is 6.61 Å². The van der Waals surface area contributed by atoms with Gasteiger partial charge in [0, 0.05) is 39.6 Å². The summed E-state index contributed by atoms with van der Waals surface area (Å²) in [7, 11) is 3.25. The molecule has 1 aliphatic carbocycles. The molecule has 1 amide bonds. The van der Waals surface area contributed by atoms with Gasteiger partial charge in [-0.15, -0.1) is 0 Å². The highest BCUT2D eigenvalue weighted by molar-refractivity contribution is 5.98. The summed E-state index contributed by atoms with van der Waals surface area (Å²) in [5, 5.41) is 15.3. The molecule has 2 N–H and O–H groups in total. The molecule has 0 aromatic carbocycles. The highest BCUT2D eigenvalue weighted by Crippen LogP contribution is 2.23. The number of ether oxygens (including phenoxy) is 2. The molecule has 6 heteroatoms. The Hall–Kier alpha value is -1.84. The second-order valence-corrected chi connectivity index (χ2v) is 5.06. The Morgan fingerprint density at radius 1 is 1.27 bits per heavy atom. The monoisotopic (exact) mass is 307 g/mol. The molecule has 0 aliphatic heterocycles. The van der Waals surface area contributed by atoms with E-state index in [2.05, 4.69) is 10.6 Å². The van der Waals surface area contributed by atoms with E-state index in [1.165, 1.54) is 0 Å². The van der Waals surface area contributed by atoms with Gasteiger partial charge in [-0.05, 0) is 37.3 Å². The number of amides is 1. The van der Waals surface area contributed by atoms with Crippen LogP contribution in [0.1, 0.15) is 25.7 Å². The van der Waals surface area contributed by atoms with Crippen LogP contribution in [-0.2, 0) is 14.3 Å². The molecule has 122 valence electrons. The predicted octanol–water partition coefficient (Wildman–Crippen LogP) is 1.26. The number of hydrogen-bond donors (Lipinski definition) is 2. The Bertz CT molecular complexity index is 464. The molecule has 1 rings (SSSR count). The third kappa shape index (κ3) is 6.29. The van der Waals surface area contributed by atoms with E-state index < -0.39 is 0 Å². The second-order valence-electron chi connectivity index (χ2n) is 5.06. The van der Waals surface area contributed by atoms with Crippen LogP contribution in [0.2, 0.25) is 0 Å². The van der Waals surface area contributed by atoms with Crippen LogP contribution in [0.3, 0.4) is 0 Å². The number of carbonyl (C=O) groups excluding carboxylic acids is 1. The fourth-order valence-electron chi connectivity index (χ4n) is 2.25. The van der Waals surface area contributed by atoms with Gasteiger partial charge in [-0.2, -0.15) is 5.26 Å². The summed E-state index contributed by atoms with van der Waals surface area (Å²) in [4.78, 5) is 12.0. The number of nitrogens with zero attached hydrogens (tertiary/aromatic N) is 1. The number of allylic oxidation sites excluding steroid dienone is 3. The van der Waals surface area contributed by atoms with Crippen molar-refractivity contribution in [3.63, 3.8) is 0 Å². The van der Waals surface area contributed by atoms with Crippen LogP contribution in [0.15, 0.2) is 22.9 Å². The van der Waals surface area contributed by atoms with Crippen molar-refractivity contribution in [1.82, 2.24) is 10.6 Å². The van der Waals surface area contributed by atoms with Gasteiger partial charge in [0.15, 0.2) is 0 Å². The molecule has 0 radical (unpaired) electrons. The zero-order valence-electron chi connectivity index (χ0n) is 13.4. The van der Waals surface area contributed by atoms with Crippen LogP contribution < -0.4 is 10.6 Å². The summed E-state index contributed by atoms with van der Waals surface area (Å²) in [6.45, 7) is 2.38. The lowest BCUT2D eigenvalue weighted by atomic mass is 9.95. The van der Waals surface area contributed by atoms with E-state index in [-0.39, 0.29) is 11.5 Å². The number of methoxy groups -OCH3 is 2. The maximum Gasteiger partial charge on any atom is 0.262 e. The van der Waals surface area contributed by atoms with Crippen molar-refractivity contribution in [2.75, 3.05) is 40.5 Å². The number of nitrogens with one attached hydrogen (secondary N) is 2. The van der Waals surface area contributed by atoms with Crippen LogP contribution in [-0.4, -0.2) is 46.4 Å². The average molecular weight is 307 g/mol. The lowest BCUT2D eigenvalue weighted by Gasteiger charge is -2.18. The molecular weight excluding hydrogens is 282 g/mol. The third-order valence-electron chi connectivity index (χ3n) is 3.37. The smallest absolute Gasteiger partial charge is 0.262 e. The summed E-state index contributed by atoms with van der Waals surface area (Å²) in [5.41, 5.74) is 2.08. The molecule has 0 fully saturated rings. The zero-order chi connectivity index (χ0) is 16.2. The molecule has 22 heavy (non-hydrogen) atoms. The zero-order valence-corrected chi connectivity index (χ0v) is 13.4. The fraction of sp³-hybridized carbons (Fsp3) is 0.625. The quantitative estimate of drug-likeness (QED) is 0.381. The Balaban J connectivity index is 2.68. The first-order chi connectivity index (χ1) is 10.7. The van der Waals surface area contributed by atoms with E-state index in [1.54, 1.807) is 14.2 Å². The molecule has 0 bridgehead atoms. The van der Waals surface area contributed by atoms with E-state index in [4.69, 9.17) is 9.47 Å². The van der Waals surface area contributed by atoms with Crippen molar-refractivity contribution in [3.05, 3.63) is 22.9 Å². The lowest BCUT2D eigenvalue weighted by molar-refractivity contribution is -0.117. The largest absolute Gasteiger partial charge is 0.388 e. The second kappa shape index (κ2) is 10.8. The average Bonchev–Trinajstić information content (AvgIpc) is 2.53. The topological polar surface area (TPSA) is 83.4 Å². The maximum absolute atomic E-state index is 12.0. The first-order valence-corrected chi connectivity index (χ1v) is 7.56. The van der Waals surface area contributed by atoms with Crippen LogP contribution >= 0.6 is 0 Å². The Kier molecular flexibility index (Phi) is 8.96. The van der Waals surface area contributed by atoms with Gasteiger partial charge in [0.2, 0.25) is 0 Å². The van der Waals surface area contributed by atoms with Gasteiger partial charge < -0.3 is 20.1 Å². The van der Waals surface area contributed by atoms with Gasteiger partial charge in [0.1, 0.15) is 11.6 Å². The van der Waals surface area contributed by atoms with E-state index in [1.807, 2.05) is 12.1 Å². The molecule has 0 aromatic rings.